The number of fused-ring (bicyclic) bond motifs is 1. The monoisotopic (exact) mass is 217 g/mol. The molecule has 0 fully saturated rings. The summed E-state index contributed by atoms with van der Waals surface area (Å²) in [5.74, 6) is 0. The van der Waals surface area contributed by atoms with E-state index in [2.05, 4.69) is 50.9 Å². The van der Waals surface area contributed by atoms with Gasteiger partial charge < -0.3 is 0 Å². The van der Waals surface area contributed by atoms with Crippen LogP contribution in [0.2, 0.25) is 0 Å². The first-order valence-corrected chi connectivity index (χ1v) is 5.95. The van der Waals surface area contributed by atoms with E-state index in [0.29, 0.717) is 0 Å². The third-order valence-corrected chi connectivity index (χ3v) is 3.68. The van der Waals surface area contributed by atoms with Gasteiger partial charge in [-0.2, -0.15) is 0 Å². The number of nitrogens with zero attached hydrogens (tertiary/aromatic N) is 1. The molecule has 78 valence electrons. The largest absolute Gasteiger partial charge is 0.241 e. The summed E-state index contributed by atoms with van der Waals surface area (Å²) < 4.78 is 1.31. The van der Waals surface area contributed by atoms with Gasteiger partial charge in [-0.25, -0.2) is 4.98 Å². The quantitative estimate of drug-likeness (QED) is 0.695. The molecule has 0 saturated heterocycles. The highest BCUT2D eigenvalue weighted by Gasteiger charge is 2.09. The molecule has 2 rings (SSSR count). The molecule has 0 N–H and O–H groups in total. The first kappa shape index (κ1) is 10.4. The molecule has 0 unspecified atom stereocenters. The molecule has 0 aliphatic heterocycles. The number of aromatic nitrogens is 1. The van der Waals surface area contributed by atoms with Gasteiger partial charge in [0, 0.05) is 0 Å². The third kappa shape index (κ3) is 1.70. The molecule has 1 heterocycles. The van der Waals surface area contributed by atoms with Crippen molar-refractivity contribution in [2.75, 3.05) is 0 Å². The first-order chi connectivity index (χ1) is 7.13. The number of allylic oxidation sites excluding steroid dienone is 1. The zero-order chi connectivity index (χ0) is 11.0. The molecule has 0 bridgehead atoms. The lowest BCUT2D eigenvalue weighted by molar-refractivity contribution is 1.29. The SMILES string of the molecule is CC=Cc1cc(C)c(C)c2nc(C)sc12. The molecule has 0 atom stereocenters. The van der Waals surface area contributed by atoms with Crippen molar-refractivity contribution < 1.29 is 0 Å². The van der Waals surface area contributed by atoms with E-state index in [4.69, 9.17) is 0 Å². The Labute approximate surface area is 94.5 Å². The number of benzene rings is 1. The summed E-state index contributed by atoms with van der Waals surface area (Å²) >= 11 is 1.78. The lowest BCUT2D eigenvalue weighted by atomic mass is 10.0. The molecule has 2 heteroatoms. The van der Waals surface area contributed by atoms with E-state index >= 15 is 0 Å². The molecule has 15 heavy (non-hydrogen) atoms. The van der Waals surface area contributed by atoms with Crippen LogP contribution in [-0.4, -0.2) is 4.98 Å². The fraction of sp³-hybridized carbons (Fsp3) is 0.308. The van der Waals surface area contributed by atoms with Gasteiger partial charge in [0.1, 0.15) is 0 Å². The highest BCUT2D eigenvalue weighted by atomic mass is 32.1. The van der Waals surface area contributed by atoms with Crippen molar-refractivity contribution >= 4 is 27.6 Å². The predicted octanol–water partition coefficient (Wildman–Crippen LogP) is 4.25. The summed E-state index contributed by atoms with van der Waals surface area (Å²) in [5, 5.41) is 1.14. The van der Waals surface area contributed by atoms with Gasteiger partial charge in [-0.05, 0) is 44.4 Å². The van der Waals surface area contributed by atoms with Crippen molar-refractivity contribution in [3.8, 4) is 0 Å². The van der Waals surface area contributed by atoms with Crippen LogP contribution < -0.4 is 0 Å². The second-order valence-electron chi connectivity index (χ2n) is 3.82. The standard InChI is InChI=1S/C13H15NS/c1-5-6-11-7-8(2)9(3)12-13(11)15-10(4)14-12/h5-7H,1-4H3. The van der Waals surface area contributed by atoms with Crippen LogP contribution in [0, 0.1) is 20.8 Å². The van der Waals surface area contributed by atoms with Crippen molar-refractivity contribution in [3.63, 3.8) is 0 Å². The van der Waals surface area contributed by atoms with E-state index in [1.54, 1.807) is 11.3 Å². The zero-order valence-electron chi connectivity index (χ0n) is 9.59. The molecule has 1 aromatic heterocycles. The maximum absolute atomic E-state index is 4.60. The highest BCUT2D eigenvalue weighted by molar-refractivity contribution is 7.18. The normalized spacial score (nSPS) is 11.7. The topological polar surface area (TPSA) is 12.9 Å². The Morgan fingerprint density at radius 3 is 2.67 bits per heavy atom. The Kier molecular flexibility index (Phi) is 2.61. The van der Waals surface area contributed by atoms with Gasteiger partial charge in [0.05, 0.1) is 15.2 Å². The van der Waals surface area contributed by atoms with Gasteiger partial charge >= 0.3 is 0 Å². The highest BCUT2D eigenvalue weighted by Crippen LogP contribution is 2.30. The fourth-order valence-corrected chi connectivity index (χ4v) is 2.75. The fourth-order valence-electron chi connectivity index (χ4n) is 1.77. The van der Waals surface area contributed by atoms with Crippen molar-refractivity contribution in [1.82, 2.24) is 4.98 Å². The van der Waals surface area contributed by atoms with Crippen LogP contribution in [0.4, 0.5) is 0 Å². The Morgan fingerprint density at radius 1 is 1.27 bits per heavy atom. The van der Waals surface area contributed by atoms with Gasteiger partial charge in [-0.3, -0.25) is 0 Å². The Hall–Kier alpha value is -1.15. The van der Waals surface area contributed by atoms with E-state index < -0.39 is 0 Å². The predicted molar refractivity (Wildman–Crippen MR) is 68.5 cm³/mol. The second kappa shape index (κ2) is 3.78. The Bertz CT molecular complexity index is 535. The van der Waals surface area contributed by atoms with E-state index in [1.807, 2.05) is 0 Å². The molecule has 1 aromatic carbocycles. The lowest BCUT2D eigenvalue weighted by Crippen LogP contribution is -1.85. The van der Waals surface area contributed by atoms with Crippen LogP contribution in [0.15, 0.2) is 12.1 Å². The van der Waals surface area contributed by atoms with Gasteiger partial charge in [0.2, 0.25) is 0 Å². The summed E-state index contributed by atoms with van der Waals surface area (Å²) in [5.41, 5.74) is 5.09. The lowest BCUT2D eigenvalue weighted by Gasteiger charge is -2.03. The first-order valence-electron chi connectivity index (χ1n) is 5.13. The smallest absolute Gasteiger partial charge is 0.0908 e. The zero-order valence-corrected chi connectivity index (χ0v) is 10.4. The van der Waals surface area contributed by atoms with Crippen LogP contribution in [0.5, 0.6) is 0 Å². The molecule has 2 aromatic rings. The molecular formula is C13H15NS. The van der Waals surface area contributed by atoms with E-state index in [0.717, 1.165) is 5.01 Å². The van der Waals surface area contributed by atoms with Gasteiger partial charge in [0.25, 0.3) is 0 Å². The van der Waals surface area contributed by atoms with Crippen LogP contribution in [0.25, 0.3) is 16.3 Å². The summed E-state index contributed by atoms with van der Waals surface area (Å²) in [7, 11) is 0. The van der Waals surface area contributed by atoms with Crippen molar-refractivity contribution in [2.45, 2.75) is 27.7 Å². The number of hydrogen-bond donors (Lipinski definition) is 0. The Balaban J connectivity index is 2.87. The number of hydrogen-bond acceptors (Lipinski definition) is 2. The molecule has 0 spiro atoms. The second-order valence-corrected chi connectivity index (χ2v) is 5.02. The van der Waals surface area contributed by atoms with Gasteiger partial charge in [-0.1, -0.05) is 18.2 Å². The molecular weight excluding hydrogens is 202 g/mol. The van der Waals surface area contributed by atoms with Crippen LogP contribution >= 0.6 is 11.3 Å². The Morgan fingerprint density at radius 2 is 2.00 bits per heavy atom. The molecule has 0 aliphatic carbocycles. The van der Waals surface area contributed by atoms with Crippen molar-refractivity contribution in [1.29, 1.82) is 0 Å². The minimum Gasteiger partial charge on any atom is -0.241 e. The summed E-state index contributed by atoms with van der Waals surface area (Å²) in [4.78, 5) is 4.60. The van der Waals surface area contributed by atoms with Crippen LogP contribution in [-0.2, 0) is 0 Å². The number of rotatable bonds is 1. The summed E-state index contributed by atoms with van der Waals surface area (Å²) in [6, 6.07) is 2.25. The van der Waals surface area contributed by atoms with Gasteiger partial charge in [-0.15, -0.1) is 11.3 Å². The van der Waals surface area contributed by atoms with Gasteiger partial charge in [0.15, 0.2) is 0 Å². The average Bonchev–Trinajstić information content (AvgIpc) is 2.57. The van der Waals surface area contributed by atoms with E-state index in [1.165, 1.54) is 26.9 Å². The summed E-state index contributed by atoms with van der Waals surface area (Å²) in [6.45, 7) is 8.42. The molecule has 0 aliphatic rings. The molecule has 0 saturated carbocycles. The third-order valence-electron chi connectivity index (χ3n) is 2.66. The average molecular weight is 217 g/mol. The maximum Gasteiger partial charge on any atom is 0.0908 e. The maximum atomic E-state index is 4.60. The number of aryl methyl sites for hydroxylation is 3. The van der Waals surface area contributed by atoms with Crippen molar-refractivity contribution in [3.05, 3.63) is 33.8 Å². The summed E-state index contributed by atoms with van der Waals surface area (Å²) in [6.07, 6.45) is 4.24. The minimum atomic E-state index is 1.14. The molecule has 1 nitrogen and oxygen atoms in total. The minimum absolute atomic E-state index is 1.14. The van der Waals surface area contributed by atoms with Crippen LogP contribution in [0.1, 0.15) is 28.6 Å². The molecule has 0 radical (unpaired) electrons. The van der Waals surface area contributed by atoms with Crippen molar-refractivity contribution in [2.24, 2.45) is 0 Å². The number of thiazole rings is 1. The molecule has 0 amide bonds. The van der Waals surface area contributed by atoms with E-state index in [-0.39, 0.29) is 0 Å². The van der Waals surface area contributed by atoms with Crippen LogP contribution in [0.3, 0.4) is 0 Å². The van der Waals surface area contributed by atoms with E-state index in [9.17, 15) is 0 Å².